The van der Waals surface area contributed by atoms with E-state index in [0.717, 1.165) is 6.42 Å². The van der Waals surface area contributed by atoms with E-state index in [4.69, 9.17) is 0 Å². The first-order chi connectivity index (χ1) is 9.81. The van der Waals surface area contributed by atoms with Crippen molar-refractivity contribution < 1.29 is 18.7 Å². The van der Waals surface area contributed by atoms with E-state index in [2.05, 4.69) is 10.1 Å². The number of carbonyl (C=O) groups is 2. The summed E-state index contributed by atoms with van der Waals surface area (Å²) in [6.45, 7) is 7.87. The van der Waals surface area contributed by atoms with Gasteiger partial charge in [0.05, 0.1) is 13.7 Å². The molecule has 2 unspecified atom stereocenters. The van der Waals surface area contributed by atoms with E-state index in [-0.39, 0.29) is 30.3 Å². The molecular weight excluding hydrogens is 275 g/mol. The molecule has 1 aliphatic rings. The third-order valence-electron chi connectivity index (χ3n) is 4.27. The van der Waals surface area contributed by atoms with Gasteiger partial charge in [-0.2, -0.15) is 0 Å². The molecule has 0 spiro atoms. The monoisotopic (exact) mass is 302 g/mol. The quantitative estimate of drug-likeness (QED) is 0.848. The van der Waals surface area contributed by atoms with Crippen LogP contribution in [0.1, 0.15) is 40.5 Å². The Labute approximate surface area is 126 Å². The van der Waals surface area contributed by atoms with Gasteiger partial charge in [0.1, 0.15) is 12.2 Å². The van der Waals surface area contributed by atoms with Gasteiger partial charge >= 0.3 is 6.09 Å². The molecule has 0 aromatic rings. The standard InChI is InChI=1S/C15H27FN2O3/c1-6-10(4)12-7-11(16)8-18(12)14(19)13(9(2)3)17-15(20)21-5/h9-13H,6-8H2,1-5H3,(H,17,20)/t10-,11?,12?,13-/m0/s1. The van der Waals surface area contributed by atoms with Crippen molar-refractivity contribution in [2.75, 3.05) is 13.7 Å². The first-order valence-corrected chi connectivity index (χ1v) is 7.60. The van der Waals surface area contributed by atoms with Crippen LogP contribution in [0, 0.1) is 11.8 Å². The van der Waals surface area contributed by atoms with E-state index in [1.165, 1.54) is 7.11 Å². The summed E-state index contributed by atoms with van der Waals surface area (Å²) in [5.74, 6) is -0.0747. The lowest BCUT2D eigenvalue weighted by atomic mass is 9.95. The number of amides is 2. The number of methoxy groups -OCH3 is 1. The molecule has 1 N–H and O–H groups in total. The molecule has 0 saturated carbocycles. The van der Waals surface area contributed by atoms with Crippen LogP contribution in [-0.2, 0) is 9.53 Å². The Balaban J connectivity index is 2.88. The molecule has 1 aliphatic heterocycles. The average molecular weight is 302 g/mol. The number of carbonyl (C=O) groups excluding carboxylic acids is 2. The number of likely N-dealkylation sites (tertiary alicyclic amines) is 1. The zero-order valence-corrected chi connectivity index (χ0v) is 13.6. The Morgan fingerprint density at radius 3 is 2.48 bits per heavy atom. The van der Waals surface area contributed by atoms with Gasteiger partial charge < -0.3 is 15.0 Å². The van der Waals surface area contributed by atoms with Crippen LogP contribution in [-0.4, -0.2) is 48.8 Å². The van der Waals surface area contributed by atoms with Crippen molar-refractivity contribution in [3.05, 3.63) is 0 Å². The zero-order chi connectivity index (χ0) is 16.2. The van der Waals surface area contributed by atoms with Gasteiger partial charge in [0.2, 0.25) is 5.91 Å². The van der Waals surface area contributed by atoms with Gasteiger partial charge in [0.25, 0.3) is 0 Å². The van der Waals surface area contributed by atoms with E-state index in [0.29, 0.717) is 6.42 Å². The van der Waals surface area contributed by atoms with Crippen LogP contribution < -0.4 is 5.32 Å². The Bertz CT molecular complexity index is 376. The average Bonchev–Trinajstić information content (AvgIpc) is 2.84. The summed E-state index contributed by atoms with van der Waals surface area (Å²) >= 11 is 0. The number of hydrogen-bond donors (Lipinski definition) is 1. The molecule has 4 atom stereocenters. The molecule has 1 rings (SSSR count). The summed E-state index contributed by atoms with van der Waals surface area (Å²) < 4.78 is 18.3. The summed E-state index contributed by atoms with van der Waals surface area (Å²) in [7, 11) is 1.26. The molecule has 0 bridgehead atoms. The minimum atomic E-state index is -0.987. The highest BCUT2D eigenvalue weighted by atomic mass is 19.1. The van der Waals surface area contributed by atoms with Crippen LogP contribution in [0.5, 0.6) is 0 Å². The first kappa shape index (κ1) is 17.7. The van der Waals surface area contributed by atoms with Crippen molar-refractivity contribution in [1.29, 1.82) is 0 Å². The highest BCUT2D eigenvalue weighted by Gasteiger charge is 2.41. The van der Waals surface area contributed by atoms with Crippen LogP contribution in [0.2, 0.25) is 0 Å². The Morgan fingerprint density at radius 1 is 1.38 bits per heavy atom. The summed E-state index contributed by atoms with van der Waals surface area (Å²) in [6, 6.07) is -0.785. The fourth-order valence-corrected chi connectivity index (χ4v) is 2.76. The van der Waals surface area contributed by atoms with Crippen LogP contribution in [0.15, 0.2) is 0 Å². The summed E-state index contributed by atoms with van der Waals surface area (Å²) in [4.78, 5) is 25.7. The van der Waals surface area contributed by atoms with Crippen molar-refractivity contribution in [1.82, 2.24) is 10.2 Å². The van der Waals surface area contributed by atoms with Gasteiger partial charge in [-0.1, -0.05) is 34.1 Å². The maximum Gasteiger partial charge on any atom is 0.407 e. The van der Waals surface area contributed by atoms with Crippen LogP contribution >= 0.6 is 0 Å². The maximum absolute atomic E-state index is 13.8. The number of alkyl halides is 1. The smallest absolute Gasteiger partial charge is 0.407 e. The molecule has 1 fully saturated rings. The number of alkyl carbamates (subject to hydrolysis) is 1. The molecule has 2 amide bonds. The van der Waals surface area contributed by atoms with Crippen LogP contribution in [0.25, 0.3) is 0 Å². The molecule has 5 nitrogen and oxygen atoms in total. The van der Waals surface area contributed by atoms with Crippen molar-refractivity contribution in [2.24, 2.45) is 11.8 Å². The molecule has 122 valence electrons. The third-order valence-corrected chi connectivity index (χ3v) is 4.27. The van der Waals surface area contributed by atoms with Crippen molar-refractivity contribution in [3.63, 3.8) is 0 Å². The van der Waals surface area contributed by atoms with E-state index in [1.807, 2.05) is 27.7 Å². The largest absolute Gasteiger partial charge is 0.453 e. The fraction of sp³-hybridized carbons (Fsp3) is 0.867. The molecule has 1 saturated heterocycles. The summed E-state index contributed by atoms with van der Waals surface area (Å²) in [5, 5.41) is 2.56. The highest BCUT2D eigenvalue weighted by molar-refractivity contribution is 5.86. The van der Waals surface area contributed by atoms with E-state index >= 15 is 0 Å². The van der Waals surface area contributed by atoms with E-state index in [9.17, 15) is 14.0 Å². The van der Waals surface area contributed by atoms with Gasteiger partial charge in [-0.25, -0.2) is 9.18 Å². The minimum Gasteiger partial charge on any atom is -0.453 e. The maximum atomic E-state index is 13.8. The number of ether oxygens (including phenoxy) is 1. The number of rotatable bonds is 5. The zero-order valence-electron chi connectivity index (χ0n) is 13.6. The van der Waals surface area contributed by atoms with Gasteiger partial charge in [-0.15, -0.1) is 0 Å². The molecule has 0 radical (unpaired) electrons. The first-order valence-electron chi connectivity index (χ1n) is 7.60. The SMILES string of the molecule is CC[C@H](C)C1CC(F)CN1C(=O)[C@@H](NC(=O)OC)C(C)C. The topological polar surface area (TPSA) is 58.6 Å². The molecule has 0 aromatic heterocycles. The van der Waals surface area contributed by atoms with Gasteiger partial charge in [0, 0.05) is 12.5 Å². The number of hydrogen-bond acceptors (Lipinski definition) is 3. The van der Waals surface area contributed by atoms with Gasteiger partial charge in [0.15, 0.2) is 0 Å². The van der Waals surface area contributed by atoms with Crippen molar-refractivity contribution in [2.45, 2.75) is 58.8 Å². The second-order valence-corrected chi connectivity index (χ2v) is 6.13. The van der Waals surface area contributed by atoms with Crippen molar-refractivity contribution in [3.8, 4) is 0 Å². The fourth-order valence-electron chi connectivity index (χ4n) is 2.76. The number of nitrogens with one attached hydrogen (secondary N) is 1. The number of halogens is 1. The Hall–Kier alpha value is -1.33. The summed E-state index contributed by atoms with van der Waals surface area (Å²) in [5.41, 5.74) is 0. The lowest BCUT2D eigenvalue weighted by Gasteiger charge is -2.33. The summed E-state index contributed by atoms with van der Waals surface area (Å²) in [6.07, 6.45) is -0.362. The van der Waals surface area contributed by atoms with E-state index < -0.39 is 18.3 Å². The molecular formula is C15H27FN2O3. The molecule has 1 heterocycles. The number of nitrogens with zero attached hydrogens (tertiary/aromatic N) is 1. The van der Waals surface area contributed by atoms with Crippen LogP contribution in [0.4, 0.5) is 9.18 Å². The molecule has 0 aliphatic carbocycles. The minimum absolute atomic E-state index is 0.0900. The Kier molecular flexibility index (Phi) is 6.42. The Morgan fingerprint density at radius 2 is 2.00 bits per heavy atom. The van der Waals surface area contributed by atoms with Gasteiger partial charge in [-0.3, -0.25) is 4.79 Å². The highest BCUT2D eigenvalue weighted by Crippen LogP contribution is 2.29. The second-order valence-electron chi connectivity index (χ2n) is 6.13. The lowest BCUT2D eigenvalue weighted by Crippen LogP contribution is -2.53. The normalized spacial score (nSPS) is 24.8. The third kappa shape index (κ3) is 4.32. The predicted molar refractivity (Wildman–Crippen MR) is 78.6 cm³/mol. The molecule has 21 heavy (non-hydrogen) atoms. The van der Waals surface area contributed by atoms with Gasteiger partial charge in [-0.05, 0) is 11.8 Å². The molecule has 6 heteroatoms. The lowest BCUT2D eigenvalue weighted by molar-refractivity contribution is -0.136. The second kappa shape index (κ2) is 7.61. The van der Waals surface area contributed by atoms with E-state index in [1.54, 1.807) is 4.90 Å². The van der Waals surface area contributed by atoms with Crippen molar-refractivity contribution >= 4 is 12.0 Å². The molecule has 0 aromatic carbocycles. The predicted octanol–water partition coefficient (Wildman–Crippen LogP) is 2.35. The van der Waals surface area contributed by atoms with Crippen LogP contribution in [0.3, 0.4) is 0 Å².